The van der Waals surface area contributed by atoms with Crippen LogP contribution in [0.25, 0.3) is 22.7 Å². The van der Waals surface area contributed by atoms with Gasteiger partial charge in [-0.2, -0.15) is 0 Å². The number of halogens is 1. The Bertz CT molecular complexity index is 817. The number of aliphatic carboxylic acids is 1. The number of carboxylic acid groups (broad SMARTS) is 1. The van der Waals surface area contributed by atoms with Gasteiger partial charge in [0.1, 0.15) is 5.82 Å². The highest BCUT2D eigenvalue weighted by Gasteiger charge is 2.11. The number of benzene rings is 2. The lowest BCUT2D eigenvalue weighted by atomic mass is 10.1. The average Bonchev–Trinajstić information content (AvgIpc) is 2.92. The van der Waals surface area contributed by atoms with E-state index in [1.807, 2.05) is 54.6 Å². The molecule has 2 N–H and O–H groups in total. The second-order valence-corrected chi connectivity index (χ2v) is 5.81. The Morgan fingerprint density at radius 2 is 1.91 bits per heavy atom. The maximum atomic E-state index is 11.2. The van der Waals surface area contributed by atoms with Crippen molar-refractivity contribution in [2.75, 3.05) is 0 Å². The van der Waals surface area contributed by atoms with Crippen LogP contribution < -0.4 is 0 Å². The van der Waals surface area contributed by atoms with Gasteiger partial charge in [-0.15, -0.1) is 0 Å². The third-order valence-corrected chi connectivity index (χ3v) is 3.77. The fourth-order valence-electron chi connectivity index (χ4n) is 2.23. The molecular weight excluding hydrogens is 344 g/mol. The summed E-state index contributed by atoms with van der Waals surface area (Å²) in [6, 6.07) is 15.3. The molecule has 1 aromatic heterocycles. The Balaban J connectivity index is 2.05. The highest BCUT2D eigenvalue weighted by atomic mass is 79.9. The molecule has 0 spiro atoms. The van der Waals surface area contributed by atoms with Crippen LogP contribution >= 0.6 is 15.9 Å². The first-order chi connectivity index (χ1) is 10.6. The normalized spacial score (nSPS) is 11.8. The van der Waals surface area contributed by atoms with Gasteiger partial charge >= 0.3 is 5.97 Å². The van der Waals surface area contributed by atoms with Gasteiger partial charge in [-0.1, -0.05) is 40.2 Å². The SMILES string of the molecule is O=C(O)C/C(=C/c1ccc(Br)cc1)c1nc2ccccc2[nH]1. The van der Waals surface area contributed by atoms with Crippen LogP contribution in [0.4, 0.5) is 0 Å². The van der Waals surface area contributed by atoms with Crippen LogP contribution in [0.1, 0.15) is 17.8 Å². The number of H-pyrrole nitrogens is 1. The number of para-hydroxylation sites is 2. The summed E-state index contributed by atoms with van der Waals surface area (Å²) >= 11 is 3.39. The first-order valence-corrected chi connectivity index (χ1v) is 7.54. The Morgan fingerprint density at radius 3 is 2.59 bits per heavy atom. The number of fused-ring (bicyclic) bond motifs is 1. The molecule has 0 amide bonds. The highest BCUT2D eigenvalue weighted by molar-refractivity contribution is 9.10. The number of carboxylic acids is 1. The fourth-order valence-corrected chi connectivity index (χ4v) is 2.50. The quantitative estimate of drug-likeness (QED) is 0.730. The van der Waals surface area contributed by atoms with Gasteiger partial charge in [-0.3, -0.25) is 4.79 Å². The second-order valence-electron chi connectivity index (χ2n) is 4.89. The lowest BCUT2D eigenvalue weighted by Crippen LogP contribution is -1.98. The molecule has 3 rings (SSSR count). The molecule has 0 saturated heterocycles. The van der Waals surface area contributed by atoms with Crippen molar-refractivity contribution in [3.05, 3.63) is 64.4 Å². The zero-order valence-electron chi connectivity index (χ0n) is 11.6. The van der Waals surface area contributed by atoms with E-state index < -0.39 is 5.97 Å². The average molecular weight is 357 g/mol. The van der Waals surface area contributed by atoms with E-state index in [0.717, 1.165) is 21.1 Å². The number of aromatic amines is 1. The van der Waals surface area contributed by atoms with Gasteiger partial charge in [0, 0.05) is 10.0 Å². The van der Waals surface area contributed by atoms with E-state index >= 15 is 0 Å². The van der Waals surface area contributed by atoms with Gasteiger partial charge in [0.25, 0.3) is 0 Å². The van der Waals surface area contributed by atoms with Crippen LogP contribution in [0.5, 0.6) is 0 Å². The van der Waals surface area contributed by atoms with Crippen LogP contribution in [-0.2, 0) is 4.79 Å². The van der Waals surface area contributed by atoms with Crippen molar-refractivity contribution in [3.63, 3.8) is 0 Å². The number of rotatable bonds is 4. The van der Waals surface area contributed by atoms with Crippen molar-refractivity contribution >= 4 is 44.6 Å². The van der Waals surface area contributed by atoms with Gasteiger partial charge in [-0.05, 0) is 35.9 Å². The Labute approximate surface area is 135 Å². The predicted octanol–water partition coefficient (Wildman–Crippen LogP) is 4.34. The van der Waals surface area contributed by atoms with E-state index in [1.54, 1.807) is 0 Å². The van der Waals surface area contributed by atoms with E-state index in [2.05, 4.69) is 25.9 Å². The third-order valence-electron chi connectivity index (χ3n) is 3.25. The van der Waals surface area contributed by atoms with Gasteiger partial charge in [0.15, 0.2) is 0 Å². The van der Waals surface area contributed by atoms with Gasteiger partial charge in [0.2, 0.25) is 0 Å². The molecule has 0 aliphatic rings. The molecule has 4 nitrogen and oxygen atoms in total. The van der Waals surface area contributed by atoms with Crippen LogP contribution in [0.15, 0.2) is 53.0 Å². The monoisotopic (exact) mass is 356 g/mol. The van der Waals surface area contributed by atoms with Crippen LogP contribution in [0, 0.1) is 0 Å². The topological polar surface area (TPSA) is 66.0 Å². The minimum atomic E-state index is -0.885. The molecule has 0 atom stereocenters. The van der Waals surface area contributed by atoms with Crippen molar-refractivity contribution in [3.8, 4) is 0 Å². The van der Waals surface area contributed by atoms with Gasteiger partial charge in [-0.25, -0.2) is 4.98 Å². The lowest BCUT2D eigenvalue weighted by Gasteiger charge is -2.02. The molecule has 2 aromatic carbocycles. The maximum absolute atomic E-state index is 11.2. The summed E-state index contributed by atoms with van der Waals surface area (Å²) in [5.41, 5.74) is 3.29. The van der Waals surface area contributed by atoms with Crippen molar-refractivity contribution in [2.45, 2.75) is 6.42 Å². The summed E-state index contributed by atoms with van der Waals surface area (Å²) in [4.78, 5) is 18.8. The van der Waals surface area contributed by atoms with Crippen LogP contribution in [0.2, 0.25) is 0 Å². The number of nitrogens with zero attached hydrogens (tertiary/aromatic N) is 1. The summed E-state index contributed by atoms with van der Waals surface area (Å²) in [5.74, 6) is -0.296. The van der Waals surface area contributed by atoms with Crippen molar-refractivity contribution in [1.29, 1.82) is 0 Å². The molecule has 0 aliphatic carbocycles. The summed E-state index contributed by atoms with van der Waals surface area (Å²) in [7, 11) is 0. The van der Waals surface area contributed by atoms with Gasteiger partial charge < -0.3 is 10.1 Å². The largest absolute Gasteiger partial charge is 0.481 e. The van der Waals surface area contributed by atoms with Crippen molar-refractivity contribution < 1.29 is 9.90 Å². The van der Waals surface area contributed by atoms with E-state index in [0.29, 0.717) is 11.4 Å². The molecular formula is C17H13BrN2O2. The van der Waals surface area contributed by atoms with E-state index in [9.17, 15) is 4.79 Å². The zero-order chi connectivity index (χ0) is 15.5. The molecule has 3 aromatic rings. The molecule has 0 aliphatic heterocycles. The van der Waals surface area contributed by atoms with Crippen molar-refractivity contribution in [2.24, 2.45) is 0 Å². The summed E-state index contributed by atoms with van der Waals surface area (Å²) < 4.78 is 0.980. The lowest BCUT2D eigenvalue weighted by molar-refractivity contribution is -0.135. The molecule has 0 unspecified atom stereocenters. The maximum Gasteiger partial charge on any atom is 0.307 e. The number of imidazole rings is 1. The predicted molar refractivity (Wildman–Crippen MR) is 90.4 cm³/mol. The van der Waals surface area contributed by atoms with E-state index in [-0.39, 0.29) is 6.42 Å². The molecule has 0 radical (unpaired) electrons. The Kier molecular flexibility index (Phi) is 4.06. The number of hydrogen-bond donors (Lipinski definition) is 2. The Morgan fingerprint density at radius 1 is 1.18 bits per heavy atom. The molecule has 0 saturated carbocycles. The molecule has 22 heavy (non-hydrogen) atoms. The van der Waals surface area contributed by atoms with E-state index in [1.165, 1.54) is 0 Å². The van der Waals surface area contributed by atoms with Gasteiger partial charge in [0.05, 0.1) is 17.5 Å². The second kappa shape index (κ2) is 6.15. The first-order valence-electron chi connectivity index (χ1n) is 6.75. The number of aromatic nitrogens is 2. The number of nitrogens with one attached hydrogen (secondary N) is 1. The summed E-state index contributed by atoms with van der Waals surface area (Å²) in [5, 5.41) is 9.15. The highest BCUT2D eigenvalue weighted by Crippen LogP contribution is 2.23. The molecule has 0 bridgehead atoms. The minimum absolute atomic E-state index is 0.0874. The molecule has 0 fully saturated rings. The standard InChI is InChI=1S/C17H13BrN2O2/c18-13-7-5-11(6-8-13)9-12(10-16(21)22)17-19-14-3-1-2-4-15(14)20-17/h1-9H,10H2,(H,19,20)(H,21,22)/b12-9-. The fraction of sp³-hybridized carbons (Fsp3) is 0.0588. The van der Waals surface area contributed by atoms with Crippen molar-refractivity contribution in [1.82, 2.24) is 9.97 Å². The summed E-state index contributed by atoms with van der Waals surface area (Å²) in [6.45, 7) is 0. The smallest absolute Gasteiger partial charge is 0.307 e. The molecule has 5 heteroatoms. The first kappa shape index (κ1) is 14.5. The zero-order valence-corrected chi connectivity index (χ0v) is 13.2. The van der Waals surface area contributed by atoms with E-state index in [4.69, 9.17) is 5.11 Å². The minimum Gasteiger partial charge on any atom is -0.481 e. The molecule has 110 valence electrons. The molecule has 1 heterocycles. The van der Waals surface area contributed by atoms with Crippen LogP contribution in [0.3, 0.4) is 0 Å². The number of hydrogen-bond acceptors (Lipinski definition) is 2. The number of carbonyl (C=O) groups is 1. The summed E-state index contributed by atoms with van der Waals surface area (Å²) in [6.07, 6.45) is 1.76. The van der Waals surface area contributed by atoms with Crippen LogP contribution in [-0.4, -0.2) is 21.0 Å². The Hall–Kier alpha value is -2.40. The third kappa shape index (κ3) is 3.26.